The quantitative estimate of drug-likeness (QED) is 0.816. The number of amides is 1. The van der Waals surface area contributed by atoms with Crippen molar-refractivity contribution in [3.05, 3.63) is 29.8 Å². The molecule has 0 unspecified atom stereocenters. The fraction of sp³-hybridized carbons (Fsp3) is 0.562. The maximum Gasteiger partial charge on any atom is 0.251 e. The van der Waals surface area contributed by atoms with Crippen molar-refractivity contribution in [1.82, 2.24) is 14.9 Å². The molecule has 0 aromatic heterocycles. The molecule has 6 nitrogen and oxygen atoms in total. The van der Waals surface area contributed by atoms with Gasteiger partial charge in [0.15, 0.2) is 0 Å². The zero-order chi connectivity index (χ0) is 16.9. The van der Waals surface area contributed by atoms with Gasteiger partial charge >= 0.3 is 0 Å². The number of nitrogens with one attached hydrogen (secondary N) is 2. The van der Waals surface area contributed by atoms with Crippen molar-refractivity contribution in [3.63, 3.8) is 0 Å². The van der Waals surface area contributed by atoms with Crippen molar-refractivity contribution in [2.45, 2.75) is 37.6 Å². The maximum absolute atomic E-state index is 12.4. The van der Waals surface area contributed by atoms with Crippen LogP contribution in [0.4, 0.5) is 0 Å². The molecule has 0 saturated carbocycles. The van der Waals surface area contributed by atoms with Gasteiger partial charge < -0.3 is 10.6 Å². The van der Waals surface area contributed by atoms with Gasteiger partial charge in [-0.05, 0) is 50.2 Å². The third-order valence-corrected chi connectivity index (χ3v) is 6.20. The lowest BCUT2D eigenvalue weighted by molar-refractivity contribution is 0.0929. The normalized spacial score (nSPS) is 16.5. The number of hydrogen-bond acceptors (Lipinski definition) is 4. The summed E-state index contributed by atoms with van der Waals surface area (Å²) in [5.74, 6) is -0.149. The molecular weight excluding hydrogens is 314 g/mol. The predicted molar refractivity (Wildman–Crippen MR) is 89.9 cm³/mol. The zero-order valence-corrected chi connectivity index (χ0v) is 14.5. The van der Waals surface area contributed by atoms with Gasteiger partial charge in [0, 0.05) is 24.7 Å². The first-order valence-electron chi connectivity index (χ1n) is 8.10. The van der Waals surface area contributed by atoms with Crippen molar-refractivity contribution in [2.75, 3.05) is 26.2 Å². The monoisotopic (exact) mass is 339 g/mol. The third kappa shape index (κ3) is 4.31. The van der Waals surface area contributed by atoms with Crippen molar-refractivity contribution < 1.29 is 13.2 Å². The molecule has 23 heavy (non-hydrogen) atoms. The van der Waals surface area contributed by atoms with E-state index in [0.717, 1.165) is 25.9 Å². The summed E-state index contributed by atoms with van der Waals surface area (Å²) in [5, 5.41) is 6.25. The van der Waals surface area contributed by atoms with E-state index in [2.05, 4.69) is 10.6 Å². The van der Waals surface area contributed by atoms with E-state index in [1.165, 1.54) is 16.4 Å². The SMILES string of the molecule is CCN(CC)S(=O)(=O)c1ccc(C(=O)NC2CCNCC2)cc1. The van der Waals surface area contributed by atoms with Crippen LogP contribution in [0, 0.1) is 0 Å². The molecule has 0 radical (unpaired) electrons. The van der Waals surface area contributed by atoms with Crippen LogP contribution in [-0.2, 0) is 10.0 Å². The first kappa shape index (κ1) is 17.9. The van der Waals surface area contributed by atoms with E-state index < -0.39 is 10.0 Å². The minimum atomic E-state index is -3.48. The summed E-state index contributed by atoms with van der Waals surface area (Å²) in [6.07, 6.45) is 1.83. The highest BCUT2D eigenvalue weighted by molar-refractivity contribution is 7.89. The highest BCUT2D eigenvalue weighted by atomic mass is 32.2. The van der Waals surface area contributed by atoms with Gasteiger partial charge in [0.05, 0.1) is 4.90 Å². The van der Waals surface area contributed by atoms with Gasteiger partial charge in [-0.2, -0.15) is 4.31 Å². The zero-order valence-electron chi connectivity index (χ0n) is 13.7. The molecule has 0 atom stereocenters. The summed E-state index contributed by atoms with van der Waals surface area (Å²) in [4.78, 5) is 12.5. The largest absolute Gasteiger partial charge is 0.349 e. The summed E-state index contributed by atoms with van der Waals surface area (Å²) in [7, 11) is -3.48. The predicted octanol–water partition coefficient (Wildman–Crippen LogP) is 1.20. The second-order valence-electron chi connectivity index (χ2n) is 5.61. The number of benzene rings is 1. The molecule has 0 bridgehead atoms. The fourth-order valence-electron chi connectivity index (χ4n) is 2.73. The number of nitrogens with zero attached hydrogens (tertiary/aromatic N) is 1. The van der Waals surface area contributed by atoms with Gasteiger partial charge in [-0.25, -0.2) is 8.42 Å². The Bertz CT molecular complexity index is 618. The lowest BCUT2D eigenvalue weighted by atomic mass is 10.1. The van der Waals surface area contributed by atoms with Crippen LogP contribution in [0.3, 0.4) is 0 Å². The molecule has 1 aliphatic rings. The molecule has 1 fully saturated rings. The van der Waals surface area contributed by atoms with Crippen molar-refractivity contribution >= 4 is 15.9 Å². The Kier molecular flexibility index (Phi) is 6.15. The lowest BCUT2D eigenvalue weighted by Crippen LogP contribution is -2.42. The molecule has 2 N–H and O–H groups in total. The molecule has 2 rings (SSSR count). The summed E-state index contributed by atoms with van der Waals surface area (Å²) < 4.78 is 26.2. The number of sulfonamides is 1. The number of hydrogen-bond donors (Lipinski definition) is 2. The van der Waals surface area contributed by atoms with Gasteiger partial charge in [0.25, 0.3) is 5.91 Å². The molecule has 1 saturated heterocycles. The minimum absolute atomic E-state index is 0.149. The van der Waals surface area contributed by atoms with Crippen LogP contribution in [-0.4, -0.2) is 50.9 Å². The van der Waals surface area contributed by atoms with Gasteiger partial charge in [-0.3, -0.25) is 4.79 Å². The summed E-state index contributed by atoms with van der Waals surface area (Å²) in [6, 6.07) is 6.35. The molecule has 1 aromatic rings. The fourth-order valence-corrected chi connectivity index (χ4v) is 4.18. The molecule has 128 valence electrons. The van der Waals surface area contributed by atoms with Crippen LogP contribution in [0.25, 0.3) is 0 Å². The van der Waals surface area contributed by atoms with Crippen LogP contribution in [0.2, 0.25) is 0 Å². The van der Waals surface area contributed by atoms with E-state index in [4.69, 9.17) is 0 Å². The smallest absolute Gasteiger partial charge is 0.251 e. The Balaban J connectivity index is 2.08. The molecule has 0 aliphatic carbocycles. The molecule has 1 aliphatic heterocycles. The second-order valence-corrected chi connectivity index (χ2v) is 7.55. The lowest BCUT2D eigenvalue weighted by Gasteiger charge is -2.23. The minimum Gasteiger partial charge on any atom is -0.349 e. The molecular formula is C16H25N3O3S. The molecule has 1 aromatic carbocycles. The van der Waals surface area contributed by atoms with Crippen LogP contribution >= 0.6 is 0 Å². The van der Waals surface area contributed by atoms with E-state index in [-0.39, 0.29) is 16.8 Å². The van der Waals surface area contributed by atoms with E-state index in [1.807, 2.05) is 13.8 Å². The summed E-state index contributed by atoms with van der Waals surface area (Å²) in [5.41, 5.74) is 0.488. The van der Waals surface area contributed by atoms with Crippen molar-refractivity contribution in [1.29, 1.82) is 0 Å². The Morgan fingerprint density at radius 3 is 2.26 bits per heavy atom. The summed E-state index contributed by atoms with van der Waals surface area (Å²) in [6.45, 7) is 6.29. The molecule has 1 heterocycles. The Labute approximate surface area is 138 Å². The van der Waals surface area contributed by atoms with Crippen molar-refractivity contribution in [2.24, 2.45) is 0 Å². The number of rotatable bonds is 6. The van der Waals surface area contributed by atoms with Crippen LogP contribution < -0.4 is 10.6 Å². The average Bonchev–Trinajstić information content (AvgIpc) is 2.56. The van der Waals surface area contributed by atoms with E-state index in [9.17, 15) is 13.2 Å². The Morgan fingerprint density at radius 2 is 1.74 bits per heavy atom. The van der Waals surface area contributed by atoms with Crippen LogP contribution in [0.1, 0.15) is 37.0 Å². The average molecular weight is 339 g/mol. The Hall–Kier alpha value is -1.44. The van der Waals surface area contributed by atoms with E-state index >= 15 is 0 Å². The number of carbonyl (C=O) groups is 1. The van der Waals surface area contributed by atoms with Gasteiger partial charge in [-0.15, -0.1) is 0 Å². The van der Waals surface area contributed by atoms with Gasteiger partial charge in [-0.1, -0.05) is 13.8 Å². The molecule has 0 spiro atoms. The van der Waals surface area contributed by atoms with Gasteiger partial charge in [0.1, 0.15) is 0 Å². The number of carbonyl (C=O) groups excluding carboxylic acids is 1. The second kappa shape index (κ2) is 7.90. The molecule has 7 heteroatoms. The van der Waals surface area contributed by atoms with E-state index in [0.29, 0.717) is 18.7 Å². The molecule has 1 amide bonds. The topological polar surface area (TPSA) is 78.5 Å². The number of piperidine rings is 1. The first-order valence-corrected chi connectivity index (χ1v) is 9.54. The van der Waals surface area contributed by atoms with Crippen LogP contribution in [0.15, 0.2) is 29.2 Å². The maximum atomic E-state index is 12.4. The van der Waals surface area contributed by atoms with E-state index in [1.54, 1.807) is 12.1 Å². The summed E-state index contributed by atoms with van der Waals surface area (Å²) >= 11 is 0. The highest BCUT2D eigenvalue weighted by Crippen LogP contribution is 2.16. The third-order valence-electron chi connectivity index (χ3n) is 4.13. The van der Waals surface area contributed by atoms with Gasteiger partial charge in [0.2, 0.25) is 10.0 Å². The van der Waals surface area contributed by atoms with Crippen LogP contribution in [0.5, 0.6) is 0 Å². The first-order chi connectivity index (χ1) is 11.0. The standard InChI is InChI=1S/C16H25N3O3S/c1-3-19(4-2)23(21,22)15-7-5-13(6-8-15)16(20)18-14-9-11-17-12-10-14/h5-8,14,17H,3-4,9-12H2,1-2H3,(H,18,20). The van der Waals surface area contributed by atoms with Crippen molar-refractivity contribution in [3.8, 4) is 0 Å². The Morgan fingerprint density at radius 1 is 1.17 bits per heavy atom. The highest BCUT2D eigenvalue weighted by Gasteiger charge is 2.22.